The molecule has 0 heterocycles. The van der Waals surface area contributed by atoms with Crippen LogP contribution in [0.5, 0.6) is 0 Å². The molecule has 0 aromatic heterocycles. The molecule has 2 N–H and O–H groups in total. The zero-order valence-electron chi connectivity index (χ0n) is 11.5. The number of benzene rings is 1. The fraction of sp³-hybridized carbons (Fsp3) is 0.600. The summed E-state index contributed by atoms with van der Waals surface area (Å²) in [6.07, 6.45) is -2.66. The van der Waals surface area contributed by atoms with Crippen molar-refractivity contribution in [2.75, 3.05) is 0 Å². The highest BCUT2D eigenvalue weighted by molar-refractivity contribution is 6.31. The smallest absolute Gasteiger partial charge is 0.327 e. The highest BCUT2D eigenvalue weighted by Gasteiger charge is 2.43. The van der Waals surface area contributed by atoms with Crippen molar-refractivity contribution in [1.82, 2.24) is 0 Å². The summed E-state index contributed by atoms with van der Waals surface area (Å²) in [6, 6.07) is 3.83. The predicted molar refractivity (Wildman–Crippen MR) is 74.6 cm³/mol. The molecular formula is C15H18ClF4N. The largest absolute Gasteiger partial charge is 0.391 e. The van der Waals surface area contributed by atoms with E-state index in [-0.39, 0.29) is 30.2 Å². The Morgan fingerprint density at radius 2 is 2.00 bits per heavy atom. The molecule has 0 spiro atoms. The number of rotatable bonds is 3. The van der Waals surface area contributed by atoms with Crippen molar-refractivity contribution < 1.29 is 17.6 Å². The second-order valence-corrected chi connectivity index (χ2v) is 6.14. The first-order chi connectivity index (χ1) is 9.79. The van der Waals surface area contributed by atoms with Crippen LogP contribution in [0.15, 0.2) is 18.2 Å². The monoisotopic (exact) mass is 323 g/mol. The van der Waals surface area contributed by atoms with Crippen molar-refractivity contribution >= 4 is 11.6 Å². The molecule has 1 aromatic rings. The van der Waals surface area contributed by atoms with Crippen LogP contribution in [-0.4, -0.2) is 12.2 Å². The van der Waals surface area contributed by atoms with Crippen LogP contribution in [0, 0.1) is 17.7 Å². The zero-order chi connectivity index (χ0) is 15.6. The lowest BCUT2D eigenvalue weighted by Crippen LogP contribution is -2.39. The van der Waals surface area contributed by atoms with Crippen LogP contribution in [-0.2, 0) is 6.42 Å². The average Bonchev–Trinajstić information content (AvgIpc) is 2.42. The van der Waals surface area contributed by atoms with Crippen molar-refractivity contribution in [3.8, 4) is 0 Å². The van der Waals surface area contributed by atoms with Crippen LogP contribution in [0.3, 0.4) is 0 Å². The lowest BCUT2D eigenvalue weighted by atomic mass is 9.76. The summed E-state index contributed by atoms with van der Waals surface area (Å²) < 4.78 is 52.2. The first kappa shape index (κ1) is 16.6. The molecule has 6 heteroatoms. The molecule has 0 aliphatic heterocycles. The van der Waals surface area contributed by atoms with E-state index in [1.54, 1.807) is 6.07 Å². The van der Waals surface area contributed by atoms with Gasteiger partial charge in [0.05, 0.1) is 5.92 Å². The van der Waals surface area contributed by atoms with E-state index in [0.717, 1.165) is 0 Å². The van der Waals surface area contributed by atoms with Gasteiger partial charge in [-0.15, -0.1) is 0 Å². The molecular weight excluding hydrogens is 306 g/mol. The summed E-state index contributed by atoms with van der Waals surface area (Å²) in [7, 11) is 0. The Bertz CT molecular complexity index is 469. The van der Waals surface area contributed by atoms with Crippen molar-refractivity contribution in [1.29, 1.82) is 0 Å². The molecule has 1 nitrogen and oxygen atoms in total. The topological polar surface area (TPSA) is 26.0 Å². The molecule has 1 aromatic carbocycles. The van der Waals surface area contributed by atoms with E-state index >= 15 is 0 Å². The molecule has 0 saturated heterocycles. The van der Waals surface area contributed by atoms with Gasteiger partial charge in [0.15, 0.2) is 0 Å². The Balaban J connectivity index is 2.05. The second kappa shape index (κ2) is 6.53. The highest BCUT2D eigenvalue weighted by atomic mass is 35.5. The third kappa shape index (κ3) is 4.10. The maximum absolute atomic E-state index is 13.7. The third-order valence-electron chi connectivity index (χ3n) is 4.28. The van der Waals surface area contributed by atoms with Crippen LogP contribution in [0.4, 0.5) is 17.6 Å². The van der Waals surface area contributed by atoms with Gasteiger partial charge < -0.3 is 5.73 Å². The molecule has 1 aliphatic carbocycles. The van der Waals surface area contributed by atoms with Gasteiger partial charge in [-0.25, -0.2) is 4.39 Å². The van der Waals surface area contributed by atoms with E-state index in [4.69, 9.17) is 17.3 Å². The maximum Gasteiger partial charge on any atom is 0.391 e. The quantitative estimate of drug-likeness (QED) is 0.800. The Hall–Kier alpha value is -0.810. The lowest BCUT2D eigenvalue weighted by molar-refractivity contribution is -0.186. The molecule has 118 valence electrons. The summed E-state index contributed by atoms with van der Waals surface area (Å²) in [4.78, 5) is 0. The van der Waals surface area contributed by atoms with Gasteiger partial charge in [-0.3, -0.25) is 0 Å². The molecule has 3 unspecified atom stereocenters. The summed E-state index contributed by atoms with van der Waals surface area (Å²) in [5, 5.41) is 0.272. The standard InChI is InChI=1S/C15H18ClF4N/c16-12-5-2-6-13(17)11(12)8-14(21)9-3-1-4-10(7-9)15(18,19)20/h2,5-6,9-10,14H,1,3-4,7-8,21H2. The summed E-state index contributed by atoms with van der Waals surface area (Å²) in [6.45, 7) is 0. The van der Waals surface area contributed by atoms with Gasteiger partial charge >= 0.3 is 6.18 Å². The van der Waals surface area contributed by atoms with E-state index in [0.29, 0.717) is 18.4 Å². The van der Waals surface area contributed by atoms with E-state index in [2.05, 4.69) is 0 Å². The van der Waals surface area contributed by atoms with Crippen molar-refractivity contribution in [3.05, 3.63) is 34.6 Å². The average molecular weight is 324 g/mol. The minimum atomic E-state index is -4.17. The van der Waals surface area contributed by atoms with E-state index in [9.17, 15) is 17.6 Å². The van der Waals surface area contributed by atoms with Gasteiger partial charge in [0.25, 0.3) is 0 Å². The van der Waals surface area contributed by atoms with Gasteiger partial charge in [0, 0.05) is 16.6 Å². The fourth-order valence-electron chi connectivity index (χ4n) is 3.04. The summed E-state index contributed by atoms with van der Waals surface area (Å²) in [5.74, 6) is -2.00. The summed E-state index contributed by atoms with van der Waals surface area (Å²) in [5.41, 5.74) is 6.32. The Kier molecular flexibility index (Phi) is 5.15. The zero-order valence-corrected chi connectivity index (χ0v) is 12.2. The molecule has 21 heavy (non-hydrogen) atoms. The highest BCUT2D eigenvalue weighted by Crippen LogP contribution is 2.41. The Labute approximate surface area is 126 Å². The molecule has 3 atom stereocenters. The van der Waals surface area contributed by atoms with Crippen LogP contribution in [0.1, 0.15) is 31.2 Å². The minimum Gasteiger partial charge on any atom is -0.327 e. The summed E-state index contributed by atoms with van der Waals surface area (Å²) >= 11 is 5.94. The number of alkyl halides is 3. The normalized spacial score (nSPS) is 24.9. The Morgan fingerprint density at radius 1 is 1.29 bits per heavy atom. The van der Waals surface area contributed by atoms with E-state index in [1.807, 2.05) is 0 Å². The van der Waals surface area contributed by atoms with Gasteiger partial charge in [-0.1, -0.05) is 24.1 Å². The molecule has 0 radical (unpaired) electrons. The van der Waals surface area contributed by atoms with E-state index < -0.39 is 24.0 Å². The molecule has 2 rings (SSSR count). The van der Waals surface area contributed by atoms with Crippen molar-refractivity contribution in [3.63, 3.8) is 0 Å². The molecule has 1 saturated carbocycles. The third-order valence-corrected chi connectivity index (χ3v) is 4.64. The van der Waals surface area contributed by atoms with Crippen LogP contribution >= 0.6 is 11.6 Å². The van der Waals surface area contributed by atoms with Crippen LogP contribution < -0.4 is 5.73 Å². The SMILES string of the molecule is NC(Cc1c(F)cccc1Cl)C1CCCC(C(F)(F)F)C1. The molecule has 1 aliphatic rings. The molecule has 0 amide bonds. The number of hydrogen-bond acceptors (Lipinski definition) is 1. The predicted octanol–water partition coefficient (Wildman–Crippen LogP) is 4.72. The molecule has 1 fully saturated rings. The number of hydrogen-bond donors (Lipinski definition) is 1. The lowest BCUT2D eigenvalue weighted by Gasteiger charge is -2.34. The van der Waals surface area contributed by atoms with Gasteiger partial charge in [0.1, 0.15) is 5.82 Å². The fourth-order valence-corrected chi connectivity index (χ4v) is 3.28. The van der Waals surface area contributed by atoms with Gasteiger partial charge in [-0.2, -0.15) is 13.2 Å². The second-order valence-electron chi connectivity index (χ2n) is 5.73. The van der Waals surface area contributed by atoms with Crippen LogP contribution in [0.25, 0.3) is 0 Å². The van der Waals surface area contributed by atoms with Crippen LogP contribution in [0.2, 0.25) is 5.02 Å². The number of halogens is 5. The van der Waals surface area contributed by atoms with Gasteiger partial charge in [-0.05, 0) is 43.7 Å². The first-order valence-corrected chi connectivity index (χ1v) is 7.42. The molecule has 0 bridgehead atoms. The van der Waals surface area contributed by atoms with E-state index in [1.165, 1.54) is 12.1 Å². The van der Waals surface area contributed by atoms with Crippen molar-refractivity contribution in [2.24, 2.45) is 17.6 Å². The van der Waals surface area contributed by atoms with Crippen molar-refractivity contribution in [2.45, 2.75) is 44.3 Å². The minimum absolute atomic E-state index is 0.0245. The first-order valence-electron chi connectivity index (χ1n) is 7.04. The maximum atomic E-state index is 13.7. The van der Waals surface area contributed by atoms with Gasteiger partial charge in [0.2, 0.25) is 0 Å². The Morgan fingerprint density at radius 3 is 2.62 bits per heavy atom. The number of nitrogens with two attached hydrogens (primary N) is 1.